The maximum absolute atomic E-state index is 10.9. The second-order valence-electron chi connectivity index (χ2n) is 4.75. The number of carboxylic acid groups (broad SMARTS) is 1. The van der Waals surface area contributed by atoms with Gasteiger partial charge in [0, 0.05) is 19.6 Å². The van der Waals surface area contributed by atoms with Crippen LogP contribution in [0.4, 0.5) is 4.79 Å². The van der Waals surface area contributed by atoms with Gasteiger partial charge in [0.1, 0.15) is 0 Å². The second kappa shape index (κ2) is 4.75. The van der Waals surface area contributed by atoms with Gasteiger partial charge in [-0.3, -0.25) is 0 Å². The van der Waals surface area contributed by atoms with Crippen LogP contribution in [-0.4, -0.2) is 41.6 Å². The largest absolute Gasteiger partial charge is 0.465 e. The van der Waals surface area contributed by atoms with Crippen molar-refractivity contribution in [3.63, 3.8) is 0 Å². The third-order valence-electron chi connectivity index (χ3n) is 3.12. The summed E-state index contributed by atoms with van der Waals surface area (Å²) in [5.41, 5.74) is 3.80. The molecule has 17 heavy (non-hydrogen) atoms. The van der Waals surface area contributed by atoms with Crippen molar-refractivity contribution in [2.24, 2.45) is 0 Å². The standard InChI is InChI=1S/C13H18N2O2/c1-14(2)8-10-4-3-5-11-9-15(13(16)17)7-6-12(10)11/h3-5H,6-9H2,1-2H3,(H,16,17). The van der Waals surface area contributed by atoms with Gasteiger partial charge in [-0.2, -0.15) is 0 Å². The Kier molecular flexibility index (Phi) is 3.33. The summed E-state index contributed by atoms with van der Waals surface area (Å²) in [5.74, 6) is 0. The molecule has 0 aliphatic carbocycles. The second-order valence-corrected chi connectivity index (χ2v) is 4.75. The van der Waals surface area contributed by atoms with E-state index in [0.29, 0.717) is 13.1 Å². The summed E-state index contributed by atoms with van der Waals surface area (Å²) in [6, 6.07) is 6.18. The number of benzene rings is 1. The number of fused-ring (bicyclic) bond motifs is 1. The van der Waals surface area contributed by atoms with Gasteiger partial charge in [0.2, 0.25) is 0 Å². The van der Waals surface area contributed by atoms with Gasteiger partial charge in [-0.05, 0) is 37.2 Å². The van der Waals surface area contributed by atoms with Crippen molar-refractivity contribution in [3.8, 4) is 0 Å². The van der Waals surface area contributed by atoms with E-state index in [2.05, 4.69) is 11.0 Å². The molecule has 1 aliphatic rings. The number of carbonyl (C=O) groups is 1. The Bertz CT molecular complexity index is 429. The first-order valence-electron chi connectivity index (χ1n) is 5.80. The highest BCUT2D eigenvalue weighted by Gasteiger charge is 2.21. The molecule has 4 heteroatoms. The Morgan fingerprint density at radius 3 is 2.88 bits per heavy atom. The van der Waals surface area contributed by atoms with Crippen LogP contribution in [0.3, 0.4) is 0 Å². The third kappa shape index (κ3) is 2.58. The van der Waals surface area contributed by atoms with E-state index in [0.717, 1.165) is 18.5 Å². The van der Waals surface area contributed by atoms with Gasteiger partial charge in [0.05, 0.1) is 0 Å². The fourth-order valence-corrected chi connectivity index (χ4v) is 2.34. The van der Waals surface area contributed by atoms with E-state index in [1.807, 2.05) is 26.2 Å². The van der Waals surface area contributed by atoms with Crippen LogP contribution in [0.1, 0.15) is 16.7 Å². The summed E-state index contributed by atoms with van der Waals surface area (Å²) in [6.45, 7) is 2.04. The Morgan fingerprint density at radius 1 is 1.47 bits per heavy atom. The molecule has 92 valence electrons. The highest BCUT2D eigenvalue weighted by atomic mass is 16.4. The minimum Gasteiger partial charge on any atom is -0.465 e. The average Bonchev–Trinajstić information content (AvgIpc) is 2.28. The van der Waals surface area contributed by atoms with E-state index >= 15 is 0 Å². The van der Waals surface area contributed by atoms with Crippen LogP contribution in [0.2, 0.25) is 0 Å². The van der Waals surface area contributed by atoms with Crippen LogP contribution < -0.4 is 0 Å². The zero-order valence-corrected chi connectivity index (χ0v) is 10.3. The Balaban J connectivity index is 2.26. The highest BCUT2D eigenvalue weighted by molar-refractivity contribution is 5.65. The molecular formula is C13H18N2O2. The maximum atomic E-state index is 10.9. The molecule has 0 bridgehead atoms. The fraction of sp³-hybridized carbons (Fsp3) is 0.462. The Morgan fingerprint density at radius 2 is 2.24 bits per heavy atom. The summed E-state index contributed by atoms with van der Waals surface area (Å²) < 4.78 is 0. The van der Waals surface area contributed by atoms with Crippen molar-refractivity contribution in [3.05, 3.63) is 34.9 Å². The fourth-order valence-electron chi connectivity index (χ4n) is 2.34. The first-order valence-corrected chi connectivity index (χ1v) is 5.80. The van der Waals surface area contributed by atoms with Gasteiger partial charge in [-0.15, -0.1) is 0 Å². The van der Waals surface area contributed by atoms with Crippen molar-refractivity contribution >= 4 is 6.09 Å². The molecule has 0 spiro atoms. The quantitative estimate of drug-likeness (QED) is 0.848. The number of amides is 1. The van der Waals surface area contributed by atoms with Crippen LogP contribution >= 0.6 is 0 Å². The molecule has 0 atom stereocenters. The zero-order valence-electron chi connectivity index (χ0n) is 10.3. The zero-order chi connectivity index (χ0) is 12.4. The van der Waals surface area contributed by atoms with Gasteiger partial charge in [-0.25, -0.2) is 4.79 Å². The lowest BCUT2D eigenvalue weighted by atomic mass is 9.94. The minimum atomic E-state index is -0.825. The summed E-state index contributed by atoms with van der Waals surface area (Å²) in [6.07, 6.45) is -0.000266. The van der Waals surface area contributed by atoms with Crippen LogP contribution in [0.5, 0.6) is 0 Å². The summed E-state index contributed by atoms with van der Waals surface area (Å²) >= 11 is 0. The molecule has 0 radical (unpaired) electrons. The molecule has 1 aliphatic heterocycles. The molecule has 0 saturated carbocycles. The van der Waals surface area contributed by atoms with Crippen LogP contribution in [0.25, 0.3) is 0 Å². The molecule has 0 fully saturated rings. The molecule has 0 unspecified atom stereocenters. The number of nitrogens with zero attached hydrogens (tertiary/aromatic N) is 2. The Hall–Kier alpha value is -1.55. The first kappa shape index (κ1) is 11.9. The lowest BCUT2D eigenvalue weighted by Crippen LogP contribution is -2.35. The molecule has 4 nitrogen and oxygen atoms in total. The molecule has 1 N–H and O–H groups in total. The normalized spacial score (nSPS) is 14.9. The van der Waals surface area contributed by atoms with Crippen molar-refractivity contribution < 1.29 is 9.90 Å². The molecule has 1 heterocycles. The lowest BCUT2D eigenvalue weighted by Gasteiger charge is -2.28. The van der Waals surface area contributed by atoms with Gasteiger partial charge < -0.3 is 14.9 Å². The van der Waals surface area contributed by atoms with Crippen molar-refractivity contribution in [1.29, 1.82) is 0 Å². The highest BCUT2D eigenvalue weighted by Crippen LogP contribution is 2.23. The maximum Gasteiger partial charge on any atom is 0.407 e. The number of hydrogen-bond donors (Lipinski definition) is 1. The van der Waals surface area contributed by atoms with Gasteiger partial charge in [-0.1, -0.05) is 18.2 Å². The van der Waals surface area contributed by atoms with Crippen molar-refractivity contribution in [2.45, 2.75) is 19.5 Å². The van der Waals surface area contributed by atoms with E-state index in [-0.39, 0.29) is 0 Å². The molecular weight excluding hydrogens is 216 g/mol. The van der Waals surface area contributed by atoms with E-state index in [1.54, 1.807) is 0 Å². The third-order valence-corrected chi connectivity index (χ3v) is 3.12. The van der Waals surface area contributed by atoms with Crippen molar-refractivity contribution in [1.82, 2.24) is 9.80 Å². The van der Waals surface area contributed by atoms with Crippen molar-refractivity contribution in [2.75, 3.05) is 20.6 Å². The molecule has 2 rings (SSSR count). The molecule has 0 saturated heterocycles. The first-order chi connectivity index (χ1) is 8.08. The Labute approximate surface area is 101 Å². The summed E-state index contributed by atoms with van der Waals surface area (Å²) in [4.78, 5) is 14.6. The molecule has 1 amide bonds. The predicted molar refractivity (Wildman–Crippen MR) is 66.0 cm³/mol. The van der Waals surface area contributed by atoms with Crippen LogP contribution in [-0.2, 0) is 19.5 Å². The molecule has 0 aromatic heterocycles. The van der Waals surface area contributed by atoms with Crippen LogP contribution in [0.15, 0.2) is 18.2 Å². The number of rotatable bonds is 2. The van der Waals surface area contributed by atoms with E-state index in [4.69, 9.17) is 5.11 Å². The lowest BCUT2D eigenvalue weighted by molar-refractivity contribution is 0.139. The molecule has 1 aromatic carbocycles. The monoisotopic (exact) mass is 234 g/mol. The van der Waals surface area contributed by atoms with E-state index in [1.165, 1.54) is 16.0 Å². The van der Waals surface area contributed by atoms with Gasteiger partial charge >= 0.3 is 6.09 Å². The average molecular weight is 234 g/mol. The van der Waals surface area contributed by atoms with E-state index in [9.17, 15) is 4.79 Å². The predicted octanol–water partition coefficient (Wildman–Crippen LogP) is 1.78. The summed E-state index contributed by atoms with van der Waals surface area (Å²) in [5, 5.41) is 9.00. The smallest absolute Gasteiger partial charge is 0.407 e. The number of hydrogen-bond acceptors (Lipinski definition) is 2. The SMILES string of the molecule is CN(C)Cc1cccc2c1CCN(C(=O)O)C2. The topological polar surface area (TPSA) is 43.8 Å². The van der Waals surface area contributed by atoms with Crippen LogP contribution in [0, 0.1) is 0 Å². The molecule has 1 aromatic rings. The van der Waals surface area contributed by atoms with Gasteiger partial charge in [0.15, 0.2) is 0 Å². The minimum absolute atomic E-state index is 0.520. The van der Waals surface area contributed by atoms with Gasteiger partial charge in [0.25, 0.3) is 0 Å². The van der Waals surface area contributed by atoms with E-state index < -0.39 is 6.09 Å². The summed E-state index contributed by atoms with van der Waals surface area (Å²) in [7, 11) is 4.09.